The molecule has 0 atom stereocenters. The molecule has 0 fully saturated rings. The quantitative estimate of drug-likeness (QED) is 0.157. The van der Waals surface area contributed by atoms with Gasteiger partial charge in [-0.3, -0.25) is 4.72 Å². The number of anilines is 1. The molecule has 0 aliphatic carbocycles. The molecule has 0 spiro atoms. The van der Waals surface area contributed by atoms with Crippen molar-refractivity contribution in [3.8, 4) is 17.0 Å². The van der Waals surface area contributed by atoms with E-state index in [-0.39, 0.29) is 0 Å². The zero-order valence-electron chi connectivity index (χ0n) is 19.7. The minimum Gasteiger partial charge on any atom is -0.488 e. The molecule has 176 valence electrons. The number of rotatable bonds is 14. The number of para-hydroxylation sites is 1. The maximum Gasteiger partial charge on any atom is 0.129 e. The molecule has 34 heavy (non-hydrogen) atoms. The molecule has 0 aliphatic heterocycles. The van der Waals surface area contributed by atoms with Gasteiger partial charge in [0.05, 0.1) is 17.9 Å². The van der Waals surface area contributed by atoms with E-state index in [9.17, 15) is 0 Å². The van der Waals surface area contributed by atoms with E-state index in [0.29, 0.717) is 13.2 Å². The Hall–Kier alpha value is -3.35. The van der Waals surface area contributed by atoms with Crippen molar-refractivity contribution in [3.63, 3.8) is 0 Å². The van der Waals surface area contributed by atoms with Crippen molar-refractivity contribution in [2.75, 3.05) is 18.5 Å². The number of hydrogen-bond donors (Lipinski definition) is 2. The molecule has 5 nitrogen and oxygen atoms in total. The highest BCUT2D eigenvalue weighted by atomic mass is 32.2. The van der Waals surface area contributed by atoms with Crippen LogP contribution in [0.1, 0.15) is 24.6 Å². The van der Waals surface area contributed by atoms with Crippen molar-refractivity contribution in [1.29, 1.82) is 0 Å². The Morgan fingerprint density at radius 2 is 1.97 bits per heavy atom. The van der Waals surface area contributed by atoms with Crippen LogP contribution in [0.4, 0.5) is 5.69 Å². The van der Waals surface area contributed by atoms with Crippen LogP contribution < -0.4 is 14.8 Å². The highest BCUT2D eigenvalue weighted by molar-refractivity contribution is 7.96. The Bertz CT molecular complexity index is 1110. The summed E-state index contributed by atoms with van der Waals surface area (Å²) >= 11 is 1.74. The first-order chi connectivity index (χ1) is 16.7. The fraction of sp³-hybridized carbons (Fsp3) is 0.214. The zero-order valence-corrected chi connectivity index (χ0v) is 20.5. The molecule has 1 heterocycles. The molecule has 3 rings (SSSR count). The van der Waals surface area contributed by atoms with E-state index < -0.39 is 0 Å². The molecule has 0 amide bonds. The standard InChI is InChI=1S/C28H32N4OS/c1-4-10-22(6-3)19-33-28-14-8-7-13-26(28)27-17-25(30-21-31-27)18-29-24-12-9-11-23(16-24)20-34-32-15-5-2/h4,6-14,16-17,21,29,32H,1,3,5,15,18-20H2,2H3/b22-10+. The van der Waals surface area contributed by atoms with E-state index in [1.54, 1.807) is 30.4 Å². The third-order valence-corrected chi connectivity index (χ3v) is 5.85. The number of allylic oxidation sites excluding steroid dienone is 2. The minimum absolute atomic E-state index is 0.411. The Balaban J connectivity index is 1.66. The SMILES string of the molecule is C=C/C=C(\C=C)COc1ccccc1-c1cc(CNc2cccc(CSNCCC)c2)ncn1. The molecule has 3 aromatic rings. The summed E-state index contributed by atoms with van der Waals surface area (Å²) < 4.78 is 9.43. The first-order valence-electron chi connectivity index (χ1n) is 11.4. The van der Waals surface area contributed by atoms with Crippen LogP contribution in [-0.2, 0) is 12.3 Å². The average molecular weight is 473 g/mol. The van der Waals surface area contributed by atoms with Crippen molar-refractivity contribution < 1.29 is 4.74 Å². The molecule has 0 bridgehead atoms. The number of benzene rings is 2. The molecular weight excluding hydrogens is 440 g/mol. The lowest BCUT2D eigenvalue weighted by Gasteiger charge is -2.12. The third-order valence-electron chi connectivity index (χ3n) is 4.97. The largest absolute Gasteiger partial charge is 0.488 e. The van der Waals surface area contributed by atoms with Crippen LogP contribution in [0.2, 0.25) is 0 Å². The van der Waals surface area contributed by atoms with Crippen LogP contribution in [0.3, 0.4) is 0 Å². The normalized spacial score (nSPS) is 11.1. The Morgan fingerprint density at radius 3 is 2.79 bits per heavy atom. The van der Waals surface area contributed by atoms with Gasteiger partial charge in [-0.15, -0.1) is 0 Å². The van der Waals surface area contributed by atoms with Gasteiger partial charge in [-0.1, -0.05) is 74.5 Å². The maximum atomic E-state index is 6.06. The first kappa shape index (κ1) is 25.3. The van der Waals surface area contributed by atoms with Crippen LogP contribution in [0.15, 0.2) is 97.9 Å². The molecule has 2 aromatic carbocycles. The number of nitrogens with zero attached hydrogens (tertiary/aromatic N) is 2. The summed E-state index contributed by atoms with van der Waals surface area (Å²) in [6.45, 7) is 11.8. The Kier molecular flexibility index (Phi) is 10.4. The van der Waals surface area contributed by atoms with Gasteiger partial charge in [0.15, 0.2) is 0 Å². The highest BCUT2D eigenvalue weighted by Crippen LogP contribution is 2.29. The molecule has 2 N–H and O–H groups in total. The third kappa shape index (κ3) is 7.90. The van der Waals surface area contributed by atoms with E-state index in [0.717, 1.165) is 52.7 Å². The summed E-state index contributed by atoms with van der Waals surface area (Å²) in [6, 6.07) is 18.4. The van der Waals surface area contributed by atoms with E-state index in [2.05, 4.69) is 64.4 Å². The summed E-state index contributed by atoms with van der Waals surface area (Å²) in [5, 5.41) is 3.48. The average Bonchev–Trinajstić information content (AvgIpc) is 2.88. The van der Waals surface area contributed by atoms with Gasteiger partial charge < -0.3 is 10.1 Å². The molecule has 0 saturated carbocycles. The zero-order chi connectivity index (χ0) is 24.0. The van der Waals surface area contributed by atoms with Gasteiger partial charge in [0.2, 0.25) is 0 Å². The Labute approximate surface area is 207 Å². The number of nitrogens with one attached hydrogen (secondary N) is 2. The maximum absolute atomic E-state index is 6.06. The molecule has 0 radical (unpaired) electrons. The lowest BCUT2D eigenvalue weighted by atomic mass is 10.1. The minimum atomic E-state index is 0.411. The summed E-state index contributed by atoms with van der Waals surface area (Å²) in [5.74, 6) is 1.69. The first-order valence-corrected chi connectivity index (χ1v) is 12.4. The summed E-state index contributed by atoms with van der Waals surface area (Å²) in [5.41, 5.74) is 5.96. The number of hydrogen-bond acceptors (Lipinski definition) is 6. The summed E-state index contributed by atoms with van der Waals surface area (Å²) in [7, 11) is 0. The molecule has 1 aromatic heterocycles. The molecule has 0 saturated heterocycles. The van der Waals surface area contributed by atoms with Gasteiger partial charge >= 0.3 is 0 Å². The monoisotopic (exact) mass is 472 g/mol. The van der Waals surface area contributed by atoms with Crippen LogP contribution >= 0.6 is 11.9 Å². The van der Waals surface area contributed by atoms with Crippen molar-refractivity contribution in [1.82, 2.24) is 14.7 Å². The Morgan fingerprint density at radius 1 is 1.09 bits per heavy atom. The van der Waals surface area contributed by atoms with Gasteiger partial charge in [-0.25, -0.2) is 9.97 Å². The second-order valence-electron chi connectivity index (χ2n) is 7.60. The lowest BCUT2D eigenvalue weighted by molar-refractivity contribution is 0.357. The predicted molar refractivity (Wildman–Crippen MR) is 145 cm³/mol. The molecular formula is C28H32N4OS. The van der Waals surface area contributed by atoms with Crippen molar-refractivity contribution in [2.24, 2.45) is 0 Å². The lowest BCUT2D eigenvalue weighted by Crippen LogP contribution is -2.05. The van der Waals surface area contributed by atoms with Gasteiger partial charge in [0.25, 0.3) is 0 Å². The van der Waals surface area contributed by atoms with Crippen LogP contribution in [0, 0.1) is 0 Å². The highest BCUT2D eigenvalue weighted by Gasteiger charge is 2.09. The molecule has 6 heteroatoms. The summed E-state index contributed by atoms with van der Waals surface area (Å²) in [4.78, 5) is 8.94. The fourth-order valence-electron chi connectivity index (χ4n) is 3.21. The van der Waals surface area contributed by atoms with Crippen LogP contribution in [0.5, 0.6) is 5.75 Å². The van der Waals surface area contributed by atoms with Crippen LogP contribution in [0.25, 0.3) is 11.3 Å². The van der Waals surface area contributed by atoms with Gasteiger partial charge in [0.1, 0.15) is 18.7 Å². The van der Waals surface area contributed by atoms with Crippen molar-refractivity contribution in [3.05, 3.63) is 109 Å². The molecule has 0 aliphatic rings. The number of aromatic nitrogens is 2. The van der Waals surface area contributed by atoms with Gasteiger partial charge in [-0.2, -0.15) is 0 Å². The predicted octanol–water partition coefficient (Wildman–Crippen LogP) is 6.58. The van der Waals surface area contributed by atoms with E-state index >= 15 is 0 Å². The molecule has 0 unspecified atom stereocenters. The second kappa shape index (κ2) is 14.0. The summed E-state index contributed by atoms with van der Waals surface area (Å²) in [6.07, 6.45) is 8.12. The van der Waals surface area contributed by atoms with E-state index in [1.807, 2.05) is 36.4 Å². The fourth-order valence-corrected chi connectivity index (χ4v) is 4.00. The van der Waals surface area contributed by atoms with Gasteiger partial charge in [0, 0.05) is 23.5 Å². The topological polar surface area (TPSA) is 59.1 Å². The number of ether oxygens (including phenoxy) is 1. The smallest absolute Gasteiger partial charge is 0.129 e. The van der Waals surface area contributed by atoms with Gasteiger partial charge in [-0.05, 0) is 47.9 Å². The van der Waals surface area contributed by atoms with Crippen LogP contribution in [-0.4, -0.2) is 23.1 Å². The van der Waals surface area contributed by atoms with Crippen molar-refractivity contribution in [2.45, 2.75) is 25.6 Å². The second-order valence-corrected chi connectivity index (χ2v) is 8.46. The van der Waals surface area contributed by atoms with Crippen molar-refractivity contribution >= 4 is 17.6 Å². The van der Waals surface area contributed by atoms with E-state index in [4.69, 9.17) is 4.74 Å². The van der Waals surface area contributed by atoms with E-state index in [1.165, 1.54) is 5.56 Å².